The van der Waals surface area contributed by atoms with E-state index in [0.29, 0.717) is 11.1 Å². The quantitative estimate of drug-likeness (QED) is 0.538. The fourth-order valence-corrected chi connectivity index (χ4v) is 1.30. The predicted octanol–water partition coefficient (Wildman–Crippen LogP) is 2.58. The molecular weight excluding hydrogens is 188 g/mol. The van der Waals surface area contributed by atoms with Gasteiger partial charge in [0.25, 0.3) is 5.24 Å². The molecule has 68 valence electrons. The van der Waals surface area contributed by atoms with Crippen molar-refractivity contribution in [1.29, 1.82) is 0 Å². The molecule has 0 bridgehead atoms. The summed E-state index contributed by atoms with van der Waals surface area (Å²) in [5, 5.41) is -0.502. The van der Waals surface area contributed by atoms with Crippen molar-refractivity contribution in [3.8, 4) is 0 Å². The van der Waals surface area contributed by atoms with Crippen molar-refractivity contribution in [2.24, 2.45) is 0 Å². The Balaban J connectivity index is 3.20. The predicted molar refractivity (Wildman–Crippen MR) is 51.4 cm³/mol. The molecule has 0 unspecified atom stereocenters. The lowest BCUT2D eigenvalue weighted by atomic mass is 10.0. The van der Waals surface area contributed by atoms with Crippen LogP contribution in [0.2, 0.25) is 0 Å². The Hall–Kier alpha value is -1.15. The molecule has 0 aromatic heterocycles. The molecule has 13 heavy (non-hydrogen) atoms. The highest BCUT2D eigenvalue weighted by Gasteiger charge is 2.07. The van der Waals surface area contributed by atoms with E-state index < -0.39 is 5.24 Å². The van der Waals surface area contributed by atoms with E-state index in [0.717, 1.165) is 5.56 Å². The van der Waals surface area contributed by atoms with E-state index in [9.17, 15) is 9.59 Å². The molecule has 0 amide bonds. The Labute approximate surface area is 81.5 Å². The Morgan fingerprint density at radius 1 is 1.31 bits per heavy atom. The average molecular weight is 197 g/mol. The number of carbonyl (C=O) groups excluding carboxylic acids is 2. The Kier molecular flexibility index (Phi) is 2.83. The van der Waals surface area contributed by atoms with Crippen LogP contribution >= 0.6 is 11.6 Å². The minimum Gasteiger partial charge on any atom is -0.295 e. The van der Waals surface area contributed by atoms with Crippen molar-refractivity contribution in [1.82, 2.24) is 0 Å². The highest BCUT2D eigenvalue weighted by molar-refractivity contribution is 6.67. The second kappa shape index (κ2) is 3.71. The van der Waals surface area contributed by atoms with Crippen LogP contribution in [-0.4, -0.2) is 11.0 Å². The highest BCUT2D eigenvalue weighted by atomic mass is 35.5. The standard InChI is InChI=1S/C10H9ClO2/c1-6-5-8(10(11)13)3-4-9(6)7(2)12/h3-5H,1-2H3. The molecule has 0 saturated heterocycles. The molecule has 0 saturated carbocycles. The smallest absolute Gasteiger partial charge is 0.252 e. The summed E-state index contributed by atoms with van der Waals surface area (Å²) in [7, 11) is 0. The normalized spacial score (nSPS) is 9.77. The summed E-state index contributed by atoms with van der Waals surface area (Å²) in [6, 6.07) is 4.79. The van der Waals surface area contributed by atoms with Crippen LogP contribution in [0, 0.1) is 6.92 Å². The largest absolute Gasteiger partial charge is 0.295 e. The zero-order chi connectivity index (χ0) is 10.0. The van der Waals surface area contributed by atoms with Gasteiger partial charge in [-0.3, -0.25) is 9.59 Å². The van der Waals surface area contributed by atoms with E-state index in [1.165, 1.54) is 6.92 Å². The molecule has 0 aliphatic carbocycles. The molecule has 0 fully saturated rings. The van der Waals surface area contributed by atoms with Crippen molar-refractivity contribution < 1.29 is 9.59 Å². The van der Waals surface area contributed by atoms with Gasteiger partial charge in [-0.1, -0.05) is 6.07 Å². The van der Waals surface area contributed by atoms with Gasteiger partial charge in [0.05, 0.1) is 0 Å². The van der Waals surface area contributed by atoms with Gasteiger partial charge >= 0.3 is 0 Å². The number of benzene rings is 1. The van der Waals surface area contributed by atoms with Crippen LogP contribution in [0.3, 0.4) is 0 Å². The summed E-state index contributed by atoms with van der Waals surface area (Å²) < 4.78 is 0. The number of hydrogen-bond donors (Lipinski definition) is 0. The van der Waals surface area contributed by atoms with Crippen molar-refractivity contribution in [2.75, 3.05) is 0 Å². The van der Waals surface area contributed by atoms with Gasteiger partial charge in [-0.15, -0.1) is 0 Å². The highest BCUT2D eigenvalue weighted by Crippen LogP contribution is 2.13. The third-order valence-electron chi connectivity index (χ3n) is 1.83. The first-order chi connectivity index (χ1) is 6.02. The maximum Gasteiger partial charge on any atom is 0.252 e. The summed E-state index contributed by atoms with van der Waals surface area (Å²) in [6.45, 7) is 3.27. The van der Waals surface area contributed by atoms with Crippen LogP contribution < -0.4 is 0 Å². The van der Waals surface area contributed by atoms with E-state index in [1.807, 2.05) is 0 Å². The molecule has 1 aromatic carbocycles. The minimum atomic E-state index is -0.502. The van der Waals surface area contributed by atoms with Crippen LogP contribution in [0.5, 0.6) is 0 Å². The van der Waals surface area contributed by atoms with Gasteiger partial charge in [0, 0.05) is 11.1 Å². The first-order valence-electron chi connectivity index (χ1n) is 3.84. The molecule has 0 atom stereocenters. The van der Waals surface area contributed by atoms with Gasteiger partial charge in [-0.05, 0) is 43.1 Å². The fraction of sp³-hybridized carbons (Fsp3) is 0.200. The van der Waals surface area contributed by atoms with Crippen LogP contribution in [0.15, 0.2) is 18.2 Å². The third-order valence-corrected chi connectivity index (χ3v) is 2.05. The van der Waals surface area contributed by atoms with E-state index in [2.05, 4.69) is 0 Å². The van der Waals surface area contributed by atoms with E-state index in [1.54, 1.807) is 25.1 Å². The maximum absolute atomic E-state index is 11.0. The Morgan fingerprint density at radius 2 is 1.92 bits per heavy atom. The zero-order valence-corrected chi connectivity index (χ0v) is 8.18. The van der Waals surface area contributed by atoms with Gasteiger partial charge in [-0.2, -0.15) is 0 Å². The van der Waals surface area contributed by atoms with Crippen molar-refractivity contribution in [3.05, 3.63) is 34.9 Å². The van der Waals surface area contributed by atoms with E-state index in [4.69, 9.17) is 11.6 Å². The summed E-state index contributed by atoms with van der Waals surface area (Å²) >= 11 is 5.28. The fourth-order valence-electron chi connectivity index (χ4n) is 1.18. The van der Waals surface area contributed by atoms with E-state index in [-0.39, 0.29) is 5.78 Å². The lowest BCUT2D eigenvalue weighted by molar-refractivity contribution is 0.101. The summed E-state index contributed by atoms with van der Waals surface area (Å²) in [5.41, 5.74) is 1.82. The van der Waals surface area contributed by atoms with Crippen LogP contribution in [0.4, 0.5) is 0 Å². The van der Waals surface area contributed by atoms with Gasteiger partial charge in [-0.25, -0.2) is 0 Å². The second-order valence-corrected chi connectivity index (χ2v) is 3.20. The van der Waals surface area contributed by atoms with Crippen LogP contribution in [-0.2, 0) is 0 Å². The van der Waals surface area contributed by atoms with Crippen molar-refractivity contribution in [3.63, 3.8) is 0 Å². The Bertz CT molecular complexity index is 369. The number of aryl methyl sites for hydroxylation is 1. The van der Waals surface area contributed by atoms with Crippen molar-refractivity contribution >= 4 is 22.6 Å². The van der Waals surface area contributed by atoms with Crippen LogP contribution in [0.1, 0.15) is 33.2 Å². The molecule has 2 nitrogen and oxygen atoms in total. The summed E-state index contributed by atoms with van der Waals surface area (Å²) in [4.78, 5) is 21.8. The monoisotopic (exact) mass is 196 g/mol. The maximum atomic E-state index is 11.0. The molecule has 3 heteroatoms. The molecule has 0 heterocycles. The van der Waals surface area contributed by atoms with Crippen LogP contribution in [0.25, 0.3) is 0 Å². The molecule has 1 rings (SSSR count). The second-order valence-electron chi connectivity index (χ2n) is 2.86. The average Bonchev–Trinajstić information content (AvgIpc) is 2.03. The zero-order valence-electron chi connectivity index (χ0n) is 7.43. The molecule has 1 aromatic rings. The number of hydrogen-bond acceptors (Lipinski definition) is 2. The SMILES string of the molecule is CC(=O)c1ccc(C(=O)Cl)cc1C. The molecule has 0 aliphatic heterocycles. The molecule has 0 spiro atoms. The Morgan fingerprint density at radius 3 is 2.31 bits per heavy atom. The van der Waals surface area contributed by atoms with Gasteiger partial charge < -0.3 is 0 Å². The molecule has 0 N–H and O–H groups in total. The number of Topliss-reactive ketones (excluding diaryl/α,β-unsaturated/α-hetero) is 1. The molecule has 0 radical (unpaired) electrons. The number of rotatable bonds is 2. The van der Waals surface area contributed by atoms with Crippen molar-refractivity contribution in [2.45, 2.75) is 13.8 Å². The van der Waals surface area contributed by atoms with Gasteiger partial charge in [0.15, 0.2) is 5.78 Å². The summed E-state index contributed by atoms with van der Waals surface area (Å²) in [6.07, 6.45) is 0. The topological polar surface area (TPSA) is 34.1 Å². The lowest BCUT2D eigenvalue weighted by Crippen LogP contribution is -1.98. The molecular formula is C10H9ClO2. The minimum absolute atomic E-state index is 0.00827. The van der Waals surface area contributed by atoms with Gasteiger partial charge in [0.2, 0.25) is 0 Å². The lowest BCUT2D eigenvalue weighted by Gasteiger charge is -2.02. The third kappa shape index (κ3) is 2.16. The number of halogens is 1. The first kappa shape index (κ1) is 9.93. The molecule has 0 aliphatic rings. The number of ketones is 1. The summed E-state index contributed by atoms with van der Waals surface area (Å²) in [5.74, 6) is -0.00827. The van der Waals surface area contributed by atoms with Gasteiger partial charge in [0.1, 0.15) is 0 Å². The first-order valence-corrected chi connectivity index (χ1v) is 4.21. The number of carbonyl (C=O) groups is 2. The van der Waals surface area contributed by atoms with E-state index >= 15 is 0 Å².